The van der Waals surface area contributed by atoms with Gasteiger partial charge in [0.05, 0.1) is 10.7 Å². The van der Waals surface area contributed by atoms with Crippen molar-refractivity contribution in [3.8, 4) is 23.2 Å². The molecule has 2 amide bonds. The Bertz CT molecular complexity index is 1380. The SMILES string of the molecule is Cc1cc2c(c(C(N)=O)c1NC(=O)c1cc(OCC(F)(F)F)nn1-c1ncccc1Cl)OC(F)(F)O2. The van der Waals surface area contributed by atoms with Crippen molar-refractivity contribution in [1.29, 1.82) is 0 Å². The average molecular weight is 534 g/mol. The molecule has 0 atom stereocenters. The summed E-state index contributed by atoms with van der Waals surface area (Å²) in [6.45, 7) is -0.352. The highest BCUT2D eigenvalue weighted by molar-refractivity contribution is 6.32. The number of primary amides is 1. The molecule has 4 rings (SSSR count). The molecular formula is C20H13ClF5N5O5. The largest absolute Gasteiger partial charge is 0.586 e. The molecule has 0 saturated heterocycles. The number of aromatic nitrogens is 3. The van der Waals surface area contributed by atoms with Crippen LogP contribution in [0.15, 0.2) is 30.5 Å². The van der Waals surface area contributed by atoms with Crippen LogP contribution in [0.25, 0.3) is 5.82 Å². The minimum Gasteiger partial charge on any atom is -0.467 e. The number of nitrogens with one attached hydrogen (secondary N) is 1. The van der Waals surface area contributed by atoms with Crippen LogP contribution in [-0.2, 0) is 0 Å². The number of carbonyl (C=O) groups excluding carboxylic acids is 2. The molecule has 16 heteroatoms. The van der Waals surface area contributed by atoms with Gasteiger partial charge in [0.1, 0.15) is 11.3 Å². The third kappa shape index (κ3) is 4.95. The summed E-state index contributed by atoms with van der Waals surface area (Å²) in [7, 11) is 0. The molecule has 0 bridgehead atoms. The van der Waals surface area contributed by atoms with Gasteiger partial charge in [-0.05, 0) is 30.7 Å². The molecule has 36 heavy (non-hydrogen) atoms. The van der Waals surface area contributed by atoms with Crippen LogP contribution in [0, 0.1) is 6.92 Å². The van der Waals surface area contributed by atoms with Crippen molar-refractivity contribution in [3.63, 3.8) is 0 Å². The number of benzene rings is 1. The number of amides is 2. The Morgan fingerprint density at radius 1 is 1.28 bits per heavy atom. The molecule has 0 aliphatic carbocycles. The van der Waals surface area contributed by atoms with Crippen molar-refractivity contribution >= 4 is 29.1 Å². The van der Waals surface area contributed by atoms with Crippen LogP contribution in [0.5, 0.6) is 17.4 Å². The molecule has 2 aromatic heterocycles. The van der Waals surface area contributed by atoms with Gasteiger partial charge in [0, 0.05) is 12.3 Å². The van der Waals surface area contributed by atoms with Gasteiger partial charge in [-0.1, -0.05) is 11.6 Å². The van der Waals surface area contributed by atoms with Crippen LogP contribution in [0.3, 0.4) is 0 Å². The van der Waals surface area contributed by atoms with Crippen molar-refractivity contribution in [2.45, 2.75) is 19.4 Å². The number of rotatable bonds is 6. The normalized spacial score (nSPS) is 14.0. The van der Waals surface area contributed by atoms with E-state index in [1.807, 2.05) is 0 Å². The van der Waals surface area contributed by atoms with Crippen molar-refractivity contribution in [3.05, 3.63) is 52.3 Å². The first-order valence-electron chi connectivity index (χ1n) is 9.71. The lowest BCUT2D eigenvalue weighted by Crippen LogP contribution is -2.26. The number of pyridine rings is 1. The monoisotopic (exact) mass is 533 g/mol. The lowest BCUT2D eigenvalue weighted by molar-refractivity contribution is -0.286. The molecule has 1 aromatic carbocycles. The predicted octanol–water partition coefficient (Wildman–Crippen LogP) is 3.84. The summed E-state index contributed by atoms with van der Waals surface area (Å²) in [5, 5.41) is 6.12. The highest BCUT2D eigenvalue weighted by Gasteiger charge is 2.46. The van der Waals surface area contributed by atoms with Gasteiger partial charge >= 0.3 is 12.5 Å². The van der Waals surface area contributed by atoms with E-state index in [2.05, 4.69) is 29.6 Å². The molecule has 0 spiro atoms. The number of fused-ring (bicyclic) bond motifs is 1. The first kappa shape index (κ1) is 25.0. The van der Waals surface area contributed by atoms with Gasteiger partial charge in [-0.2, -0.15) is 13.2 Å². The average Bonchev–Trinajstić information content (AvgIpc) is 3.31. The van der Waals surface area contributed by atoms with Gasteiger partial charge in [-0.3, -0.25) is 9.59 Å². The lowest BCUT2D eigenvalue weighted by Gasteiger charge is -2.14. The second kappa shape index (κ2) is 8.82. The molecule has 0 fully saturated rings. The fraction of sp³-hybridized carbons (Fsp3) is 0.200. The molecular weight excluding hydrogens is 521 g/mol. The molecule has 3 heterocycles. The van der Waals surface area contributed by atoms with Crippen molar-refractivity contribution in [1.82, 2.24) is 14.8 Å². The fourth-order valence-electron chi connectivity index (χ4n) is 3.23. The number of nitrogens with two attached hydrogens (primary N) is 1. The minimum atomic E-state index is -4.70. The smallest absolute Gasteiger partial charge is 0.467 e. The predicted molar refractivity (Wildman–Crippen MR) is 112 cm³/mol. The van der Waals surface area contributed by atoms with Gasteiger partial charge in [0.25, 0.3) is 11.8 Å². The molecule has 3 aromatic rings. The molecule has 0 unspecified atom stereocenters. The summed E-state index contributed by atoms with van der Waals surface area (Å²) in [4.78, 5) is 29.3. The van der Waals surface area contributed by atoms with Gasteiger partial charge in [0.2, 0.25) is 5.88 Å². The van der Waals surface area contributed by atoms with Gasteiger partial charge in [-0.15, -0.1) is 13.9 Å². The Morgan fingerprint density at radius 2 is 2.00 bits per heavy atom. The number of aryl methyl sites for hydroxylation is 1. The number of alkyl halides is 5. The summed E-state index contributed by atoms with van der Waals surface area (Å²) in [5.74, 6) is -4.22. The number of halogens is 6. The van der Waals surface area contributed by atoms with E-state index in [1.165, 1.54) is 25.3 Å². The van der Waals surface area contributed by atoms with E-state index in [9.17, 15) is 31.5 Å². The molecule has 0 radical (unpaired) electrons. The molecule has 1 aliphatic rings. The van der Waals surface area contributed by atoms with E-state index in [0.717, 1.165) is 16.8 Å². The molecule has 10 nitrogen and oxygen atoms in total. The molecule has 3 N–H and O–H groups in total. The van der Waals surface area contributed by atoms with Crippen LogP contribution in [0.4, 0.5) is 27.6 Å². The summed E-state index contributed by atoms with van der Waals surface area (Å²) in [6, 6.07) is 4.79. The maximum atomic E-state index is 13.6. The van der Waals surface area contributed by atoms with Gasteiger partial charge in [-0.25, -0.2) is 9.67 Å². The maximum absolute atomic E-state index is 13.6. The van der Waals surface area contributed by atoms with Crippen molar-refractivity contribution < 1.29 is 45.8 Å². The highest BCUT2D eigenvalue weighted by Crippen LogP contribution is 2.47. The summed E-state index contributed by atoms with van der Waals surface area (Å²) in [5.41, 5.74) is 4.06. The van der Waals surface area contributed by atoms with Gasteiger partial charge in [0.15, 0.2) is 23.9 Å². The summed E-state index contributed by atoms with van der Waals surface area (Å²) < 4.78 is 79.2. The zero-order valence-corrected chi connectivity index (χ0v) is 18.6. The second-order valence-corrected chi connectivity index (χ2v) is 7.66. The Hall–Kier alpha value is -4.14. The summed E-state index contributed by atoms with van der Waals surface area (Å²) >= 11 is 6.10. The van der Waals surface area contributed by atoms with E-state index in [0.29, 0.717) is 0 Å². The lowest BCUT2D eigenvalue weighted by atomic mass is 10.0. The van der Waals surface area contributed by atoms with E-state index < -0.39 is 59.5 Å². The fourth-order valence-corrected chi connectivity index (χ4v) is 3.43. The number of ether oxygens (including phenoxy) is 3. The van der Waals surface area contributed by atoms with Gasteiger partial charge < -0.3 is 25.3 Å². The van der Waals surface area contributed by atoms with Crippen LogP contribution < -0.4 is 25.3 Å². The number of hydrogen-bond acceptors (Lipinski definition) is 7. The second-order valence-electron chi connectivity index (χ2n) is 7.25. The number of anilines is 1. The highest BCUT2D eigenvalue weighted by atomic mass is 35.5. The van der Waals surface area contributed by atoms with Crippen LogP contribution >= 0.6 is 11.6 Å². The minimum absolute atomic E-state index is 0.0173. The molecule has 1 aliphatic heterocycles. The van der Waals surface area contributed by atoms with E-state index in [-0.39, 0.29) is 22.1 Å². The van der Waals surface area contributed by atoms with Crippen molar-refractivity contribution in [2.24, 2.45) is 5.73 Å². The summed E-state index contributed by atoms with van der Waals surface area (Å²) in [6.07, 6.45) is -7.49. The quantitative estimate of drug-likeness (QED) is 0.460. The van der Waals surface area contributed by atoms with Crippen LogP contribution in [-0.4, -0.2) is 45.7 Å². The molecule has 190 valence electrons. The van der Waals surface area contributed by atoms with Crippen LogP contribution in [0.2, 0.25) is 5.02 Å². The van der Waals surface area contributed by atoms with Crippen LogP contribution in [0.1, 0.15) is 26.4 Å². The van der Waals surface area contributed by atoms with E-state index >= 15 is 0 Å². The first-order chi connectivity index (χ1) is 16.8. The first-order valence-corrected chi connectivity index (χ1v) is 10.1. The third-order valence-electron chi connectivity index (χ3n) is 4.62. The van der Waals surface area contributed by atoms with Crippen molar-refractivity contribution in [2.75, 3.05) is 11.9 Å². The number of nitrogens with zero attached hydrogens (tertiary/aromatic N) is 3. The zero-order chi connectivity index (χ0) is 26.4. The zero-order valence-electron chi connectivity index (χ0n) is 17.8. The third-order valence-corrected chi connectivity index (χ3v) is 4.92. The Balaban J connectivity index is 1.77. The number of carbonyl (C=O) groups is 2. The van der Waals surface area contributed by atoms with E-state index in [4.69, 9.17) is 17.3 Å². The Morgan fingerprint density at radius 3 is 2.64 bits per heavy atom. The maximum Gasteiger partial charge on any atom is 0.586 e. The number of hydrogen-bond donors (Lipinski definition) is 2. The topological polar surface area (TPSA) is 131 Å². The Labute approximate surface area is 202 Å². The Kier molecular flexibility index (Phi) is 6.12. The van der Waals surface area contributed by atoms with E-state index in [1.54, 1.807) is 0 Å². The molecule has 0 saturated carbocycles. The standard InChI is InChI=1S/C20H13ClF5N5O5/c1-8-5-11-15(36-20(25,26)35-11)13(16(27)32)14(8)29-18(33)10-6-12(34-7-19(22,23)24)30-31(10)17-9(21)3-2-4-28-17/h2-6H,7H2,1H3,(H2,27,32)(H,29,33).